The Hall–Kier alpha value is -1.42. The number of rotatable bonds is 3. The molecule has 2 rings (SSSR count). The number of pyridine rings is 1. The van der Waals surface area contributed by atoms with E-state index in [4.69, 9.17) is 5.73 Å². The maximum Gasteiger partial charge on any atom is 0.251 e. The lowest BCUT2D eigenvalue weighted by Gasteiger charge is -2.11. The Balaban J connectivity index is 2.01. The molecule has 4 heteroatoms. The zero-order chi connectivity index (χ0) is 11.4. The van der Waals surface area contributed by atoms with Crippen LogP contribution in [0.1, 0.15) is 41.7 Å². The van der Waals surface area contributed by atoms with Gasteiger partial charge in [0.05, 0.1) is 5.69 Å². The van der Waals surface area contributed by atoms with Crippen molar-refractivity contribution in [3.05, 3.63) is 29.6 Å². The molecule has 86 valence electrons. The number of carbonyl (C=O) groups excluding carboxylic acids is 1. The maximum absolute atomic E-state index is 11.9. The summed E-state index contributed by atoms with van der Waals surface area (Å²) in [6.45, 7) is 0.366. The van der Waals surface area contributed by atoms with E-state index in [1.54, 1.807) is 18.3 Å². The van der Waals surface area contributed by atoms with Crippen LogP contribution >= 0.6 is 0 Å². The van der Waals surface area contributed by atoms with Crippen molar-refractivity contribution in [1.29, 1.82) is 0 Å². The molecule has 1 heterocycles. The molecule has 0 unspecified atom stereocenters. The minimum Gasteiger partial charge on any atom is -0.349 e. The van der Waals surface area contributed by atoms with E-state index in [0.29, 0.717) is 18.2 Å². The average molecular weight is 219 g/mol. The highest BCUT2D eigenvalue weighted by Gasteiger charge is 2.17. The quantitative estimate of drug-likeness (QED) is 0.803. The molecule has 1 aromatic heterocycles. The van der Waals surface area contributed by atoms with Crippen LogP contribution in [0, 0.1) is 0 Å². The van der Waals surface area contributed by atoms with Crippen LogP contribution in [0.5, 0.6) is 0 Å². The fraction of sp³-hybridized carbons (Fsp3) is 0.500. The highest BCUT2D eigenvalue weighted by Crippen LogP contribution is 2.18. The van der Waals surface area contributed by atoms with Crippen molar-refractivity contribution in [1.82, 2.24) is 10.3 Å². The van der Waals surface area contributed by atoms with E-state index >= 15 is 0 Å². The SMILES string of the molecule is NCc1cc(C(=O)NC2CCCC2)ccn1. The van der Waals surface area contributed by atoms with E-state index in [1.807, 2.05) is 0 Å². The molecule has 0 aliphatic heterocycles. The summed E-state index contributed by atoms with van der Waals surface area (Å²) in [6, 6.07) is 3.83. The number of hydrogen-bond acceptors (Lipinski definition) is 3. The van der Waals surface area contributed by atoms with Gasteiger partial charge in [-0.15, -0.1) is 0 Å². The molecule has 0 bridgehead atoms. The molecule has 1 aliphatic rings. The largest absolute Gasteiger partial charge is 0.349 e. The number of amides is 1. The second-order valence-corrected chi connectivity index (χ2v) is 4.19. The monoisotopic (exact) mass is 219 g/mol. The van der Waals surface area contributed by atoms with Crippen molar-refractivity contribution in [3.63, 3.8) is 0 Å². The van der Waals surface area contributed by atoms with Gasteiger partial charge in [0.15, 0.2) is 0 Å². The van der Waals surface area contributed by atoms with E-state index in [1.165, 1.54) is 12.8 Å². The lowest BCUT2D eigenvalue weighted by molar-refractivity contribution is 0.0937. The number of aromatic nitrogens is 1. The van der Waals surface area contributed by atoms with E-state index < -0.39 is 0 Å². The minimum absolute atomic E-state index is 0.0102. The van der Waals surface area contributed by atoms with Gasteiger partial charge in [-0.1, -0.05) is 12.8 Å². The summed E-state index contributed by atoms with van der Waals surface area (Å²) in [7, 11) is 0. The third-order valence-electron chi connectivity index (χ3n) is 2.98. The van der Waals surface area contributed by atoms with E-state index in [9.17, 15) is 4.79 Å². The van der Waals surface area contributed by atoms with Crippen LogP contribution in [-0.2, 0) is 6.54 Å². The van der Waals surface area contributed by atoms with Crippen molar-refractivity contribution in [3.8, 4) is 0 Å². The average Bonchev–Trinajstić information content (AvgIpc) is 2.82. The molecule has 1 saturated carbocycles. The Kier molecular flexibility index (Phi) is 3.51. The summed E-state index contributed by atoms with van der Waals surface area (Å²) in [5.74, 6) is -0.0102. The summed E-state index contributed by atoms with van der Waals surface area (Å²) in [6.07, 6.45) is 6.26. The maximum atomic E-state index is 11.9. The number of hydrogen-bond donors (Lipinski definition) is 2. The van der Waals surface area contributed by atoms with Crippen molar-refractivity contribution in [2.24, 2.45) is 5.73 Å². The first-order valence-corrected chi connectivity index (χ1v) is 5.75. The molecule has 0 saturated heterocycles. The van der Waals surface area contributed by atoms with Crippen molar-refractivity contribution in [2.75, 3.05) is 0 Å². The zero-order valence-corrected chi connectivity index (χ0v) is 9.28. The Morgan fingerprint density at radius 3 is 2.94 bits per heavy atom. The molecular weight excluding hydrogens is 202 g/mol. The lowest BCUT2D eigenvalue weighted by atomic mass is 10.2. The molecule has 4 nitrogen and oxygen atoms in total. The van der Waals surface area contributed by atoms with Gasteiger partial charge in [0, 0.05) is 24.3 Å². The fourth-order valence-corrected chi connectivity index (χ4v) is 2.07. The van der Waals surface area contributed by atoms with Crippen molar-refractivity contribution in [2.45, 2.75) is 38.3 Å². The molecule has 0 spiro atoms. The molecule has 0 aromatic carbocycles. The van der Waals surface area contributed by atoms with Crippen LogP contribution in [0.3, 0.4) is 0 Å². The van der Waals surface area contributed by atoms with Gasteiger partial charge in [0.25, 0.3) is 5.91 Å². The fourth-order valence-electron chi connectivity index (χ4n) is 2.07. The Bertz CT molecular complexity index is 372. The molecular formula is C12H17N3O. The summed E-state index contributed by atoms with van der Waals surface area (Å²) >= 11 is 0. The normalized spacial score (nSPS) is 16.3. The molecule has 1 aliphatic carbocycles. The second kappa shape index (κ2) is 5.07. The smallest absolute Gasteiger partial charge is 0.251 e. The zero-order valence-electron chi connectivity index (χ0n) is 9.28. The third kappa shape index (κ3) is 2.58. The summed E-state index contributed by atoms with van der Waals surface area (Å²) in [4.78, 5) is 16.0. The van der Waals surface area contributed by atoms with E-state index in [2.05, 4.69) is 10.3 Å². The van der Waals surface area contributed by atoms with E-state index in [-0.39, 0.29) is 5.91 Å². The topological polar surface area (TPSA) is 68.0 Å². The lowest BCUT2D eigenvalue weighted by Crippen LogP contribution is -2.32. The molecule has 1 fully saturated rings. The second-order valence-electron chi connectivity index (χ2n) is 4.19. The van der Waals surface area contributed by atoms with Gasteiger partial charge in [-0.05, 0) is 25.0 Å². The number of nitrogens with two attached hydrogens (primary N) is 1. The van der Waals surface area contributed by atoms with Crippen LogP contribution in [0.15, 0.2) is 18.3 Å². The highest BCUT2D eigenvalue weighted by atomic mass is 16.1. The molecule has 1 amide bonds. The number of nitrogens with one attached hydrogen (secondary N) is 1. The van der Waals surface area contributed by atoms with Crippen molar-refractivity contribution < 1.29 is 4.79 Å². The Labute approximate surface area is 95.3 Å². The molecule has 0 atom stereocenters. The summed E-state index contributed by atoms with van der Waals surface area (Å²) in [5, 5.41) is 3.04. The Morgan fingerprint density at radius 2 is 2.25 bits per heavy atom. The van der Waals surface area contributed by atoms with Gasteiger partial charge >= 0.3 is 0 Å². The number of carbonyl (C=O) groups is 1. The van der Waals surface area contributed by atoms with Gasteiger partial charge in [-0.3, -0.25) is 9.78 Å². The molecule has 3 N–H and O–H groups in total. The van der Waals surface area contributed by atoms with Crippen molar-refractivity contribution >= 4 is 5.91 Å². The van der Waals surface area contributed by atoms with Crippen LogP contribution in [0.4, 0.5) is 0 Å². The van der Waals surface area contributed by atoms with Gasteiger partial charge in [0.2, 0.25) is 0 Å². The minimum atomic E-state index is -0.0102. The molecule has 16 heavy (non-hydrogen) atoms. The van der Waals surface area contributed by atoms with Gasteiger partial charge in [-0.2, -0.15) is 0 Å². The Morgan fingerprint density at radius 1 is 1.50 bits per heavy atom. The van der Waals surface area contributed by atoms with Gasteiger partial charge in [0.1, 0.15) is 0 Å². The first-order chi connectivity index (χ1) is 7.79. The van der Waals surface area contributed by atoms with E-state index in [0.717, 1.165) is 18.5 Å². The molecule has 0 radical (unpaired) electrons. The number of nitrogens with zero attached hydrogens (tertiary/aromatic N) is 1. The summed E-state index contributed by atoms with van der Waals surface area (Å²) in [5.41, 5.74) is 6.89. The molecule has 1 aromatic rings. The predicted molar refractivity (Wildman–Crippen MR) is 61.9 cm³/mol. The van der Waals surface area contributed by atoms with Crippen LogP contribution in [0.25, 0.3) is 0 Å². The van der Waals surface area contributed by atoms with Crippen LogP contribution < -0.4 is 11.1 Å². The van der Waals surface area contributed by atoms with Crippen LogP contribution in [-0.4, -0.2) is 16.9 Å². The van der Waals surface area contributed by atoms with Gasteiger partial charge < -0.3 is 11.1 Å². The first kappa shape index (κ1) is 11.1. The summed E-state index contributed by atoms with van der Waals surface area (Å²) < 4.78 is 0. The van der Waals surface area contributed by atoms with Crippen LogP contribution in [0.2, 0.25) is 0 Å². The third-order valence-corrected chi connectivity index (χ3v) is 2.98. The highest BCUT2D eigenvalue weighted by molar-refractivity contribution is 5.94. The first-order valence-electron chi connectivity index (χ1n) is 5.75. The van der Waals surface area contributed by atoms with Gasteiger partial charge in [-0.25, -0.2) is 0 Å². The standard InChI is InChI=1S/C12H17N3O/c13-8-11-7-9(5-6-14-11)12(16)15-10-3-1-2-4-10/h5-7,10H,1-4,8,13H2,(H,15,16). The predicted octanol–water partition coefficient (Wildman–Crippen LogP) is 1.21.